The molecule has 1 saturated carbocycles. The molecule has 8 heteroatoms. The Morgan fingerprint density at radius 1 is 1.19 bits per heavy atom. The number of ether oxygens (including phenoxy) is 1. The molecule has 2 saturated heterocycles. The summed E-state index contributed by atoms with van der Waals surface area (Å²) in [6.45, 7) is 0.763. The number of furan rings is 1. The van der Waals surface area contributed by atoms with Gasteiger partial charge in [-0.3, -0.25) is 14.5 Å². The van der Waals surface area contributed by atoms with E-state index in [1.807, 2.05) is 0 Å². The molecule has 26 heavy (non-hydrogen) atoms. The molecule has 4 rings (SSSR count). The zero-order valence-corrected chi connectivity index (χ0v) is 14.4. The largest absolute Gasteiger partial charge is 0.548 e. The standard InChI is InChI=1S/C18H22N2O6/c21-15(12-3-1-4-12)19-8-6-18(7-9-19)20(13(11-26-18)17(23)24)16(22)14-5-2-10-25-14/h2,5,10,12-13H,1,3-4,6-9,11H2,(H,23,24)/p-1/t13-/m1/s1. The number of amides is 2. The molecular formula is C18H21N2O6-. The van der Waals surface area contributed by atoms with Gasteiger partial charge in [-0.1, -0.05) is 6.42 Å². The number of hydrogen-bond acceptors (Lipinski definition) is 6. The Hall–Kier alpha value is -2.35. The Labute approximate surface area is 150 Å². The second kappa shape index (κ2) is 6.42. The molecule has 3 heterocycles. The number of likely N-dealkylation sites (tertiary alicyclic amines) is 1. The van der Waals surface area contributed by atoms with E-state index in [2.05, 4.69) is 0 Å². The van der Waals surface area contributed by atoms with Gasteiger partial charge in [-0.05, 0) is 25.0 Å². The summed E-state index contributed by atoms with van der Waals surface area (Å²) < 4.78 is 11.0. The van der Waals surface area contributed by atoms with Crippen LogP contribution < -0.4 is 5.11 Å². The highest BCUT2D eigenvalue weighted by Crippen LogP contribution is 2.39. The molecule has 140 valence electrons. The second-order valence-electron chi connectivity index (χ2n) is 7.20. The zero-order chi connectivity index (χ0) is 18.3. The quantitative estimate of drug-likeness (QED) is 0.750. The Balaban J connectivity index is 1.53. The van der Waals surface area contributed by atoms with Gasteiger partial charge in [0, 0.05) is 31.8 Å². The lowest BCUT2D eigenvalue weighted by atomic mass is 9.83. The third-order valence-corrected chi connectivity index (χ3v) is 5.79. The van der Waals surface area contributed by atoms with Gasteiger partial charge >= 0.3 is 0 Å². The maximum atomic E-state index is 12.9. The summed E-state index contributed by atoms with van der Waals surface area (Å²) in [7, 11) is 0. The van der Waals surface area contributed by atoms with Crippen molar-refractivity contribution in [1.82, 2.24) is 9.80 Å². The Kier molecular flexibility index (Phi) is 4.22. The number of rotatable bonds is 3. The van der Waals surface area contributed by atoms with E-state index in [9.17, 15) is 19.5 Å². The summed E-state index contributed by atoms with van der Waals surface area (Å²) in [5.74, 6) is -1.54. The van der Waals surface area contributed by atoms with E-state index in [0.29, 0.717) is 25.9 Å². The smallest absolute Gasteiger partial charge is 0.292 e. The second-order valence-corrected chi connectivity index (χ2v) is 7.20. The molecule has 2 aliphatic heterocycles. The van der Waals surface area contributed by atoms with Crippen molar-refractivity contribution >= 4 is 17.8 Å². The van der Waals surface area contributed by atoms with E-state index in [1.54, 1.807) is 11.0 Å². The molecule has 0 N–H and O–H groups in total. The van der Waals surface area contributed by atoms with Crippen molar-refractivity contribution in [2.45, 2.75) is 43.9 Å². The van der Waals surface area contributed by atoms with E-state index < -0.39 is 23.6 Å². The number of carboxylic acids is 1. The first-order valence-electron chi connectivity index (χ1n) is 9.03. The number of carbonyl (C=O) groups excluding carboxylic acids is 3. The molecule has 0 unspecified atom stereocenters. The van der Waals surface area contributed by atoms with E-state index >= 15 is 0 Å². The molecule has 2 amide bonds. The molecule has 8 nitrogen and oxygen atoms in total. The van der Waals surface area contributed by atoms with Crippen LogP contribution in [0.5, 0.6) is 0 Å². The van der Waals surface area contributed by atoms with Gasteiger partial charge in [0.2, 0.25) is 5.91 Å². The molecule has 1 atom stereocenters. The maximum absolute atomic E-state index is 12.9. The van der Waals surface area contributed by atoms with Gasteiger partial charge in [0.05, 0.1) is 24.9 Å². The lowest BCUT2D eigenvalue weighted by molar-refractivity contribution is -0.310. The minimum Gasteiger partial charge on any atom is -0.548 e. The average molecular weight is 361 g/mol. The van der Waals surface area contributed by atoms with Crippen molar-refractivity contribution in [3.63, 3.8) is 0 Å². The zero-order valence-electron chi connectivity index (χ0n) is 14.4. The Morgan fingerprint density at radius 2 is 1.92 bits per heavy atom. The molecular weight excluding hydrogens is 340 g/mol. The first kappa shape index (κ1) is 17.1. The highest BCUT2D eigenvalue weighted by molar-refractivity contribution is 5.95. The van der Waals surface area contributed by atoms with Crippen LogP contribution in [0.25, 0.3) is 0 Å². The monoisotopic (exact) mass is 361 g/mol. The first-order valence-corrected chi connectivity index (χ1v) is 9.03. The van der Waals surface area contributed by atoms with Crippen LogP contribution in [0.2, 0.25) is 0 Å². The summed E-state index contributed by atoms with van der Waals surface area (Å²) in [6.07, 6.45) is 5.09. The van der Waals surface area contributed by atoms with Crippen LogP contribution in [0.4, 0.5) is 0 Å². The fourth-order valence-corrected chi connectivity index (χ4v) is 4.06. The number of nitrogens with zero attached hydrogens (tertiary/aromatic N) is 2. The lowest BCUT2D eigenvalue weighted by Crippen LogP contribution is -2.60. The fraction of sp³-hybridized carbons (Fsp3) is 0.611. The van der Waals surface area contributed by atoms with Gasteiger partial charge in [0.15, 0.2) is 5.76 Å². The summed E-state index contributed by atoms with van der Waals surface area (Å²) in [5, 5.41) is 11.5. The predicted molar refractivity (Wildman–Crippen MR) is 85.5 cm³/mol. The molecule has 0 aromatic carbocycles. The molecule has 3 aliphatic rings. The van der Waals surface area contributed by atoms with Crippen molar-refractivity contribution in [2.24, 2.45) is 5.92 Å². The number of hydrogen-bond donors (Lipinski definition) is 0. The minimum absolute atomic E-state index is 0.0640. The van der Waals surface area contributed by atoms with Crippen molar-refractivity contribution in [2.75, 3.05) is 19.7 Å². The van der Waals surface area contributed by atoms with E-state index in [0.717, 1.165) is 19.3 Å². The van der Waals surface area contributed by atoms with Gasteiger partial charge in [0.25, 0.3) is 5.91 Å². The van der Waals surface area contributed by atoms with Gasteiger partial charge in [-0.15, -0.1) is 0 Å². The van der Waals surface area contributed by atoms with E-state index in [1.165, 1.54) is 17.2 Å². The lowest BCUT2D eigenvalue weighted by Gasteiger charge is -2.45. The number of piperidine rings is 1. The van der Waals surface area contributed by atoms with Crippen molar-refractivity contribution in [3.8, 4) is 0 Å². The van der Waals surface area contributed by atoms with Crippen LogP contribution in [0, 0.1) is 5.92 Å². The molecule has 1 aliphatic carbocycles. The summed E-state index contributed by atoms with van der Waals surface area (Å²) in [6, 6.07) is 1.90. The number of carbonyl (C=O) groups is 3. The highest BCUT2D eigenvalue weighted by Gasteiger charge is 2.53. The minimum atomic E-state index is -1.35. The third kappa shape index (κ3) is 2.68. The molecule has 0 radical (unpaired) electrons. The average Bonchev–Trinajstić information content (AvgIpc) is 3.22. The SMILES string of the molecule is O=C([O-])[C@H]1COC2(CCN(C(=O)C3CCC3)CC2)N1C(=O)c1ccco1. The molecule has 0 bridgehead atoms. The first-order chi connectivity index (χ1) is 12.5. The van der Waals surface area contributed by atoms with E-state index in [4.69, 9.17) is 9.15 Å². The summed E-state index contributed by atoms with van der Waals surface area (Å²) >= 11 is 0. The van der Waals surface area contributed by atoms with Crippen molar-refractivity contribution in [1.29, 1.82) is 0 Å². The summed E-state index contributed by atoms with van der Waals surface area (Å²) in [4.78, 5) is 39.9. The maximum Gasteiger partial charge on any atom is 0.292 e. The van der Waals surface area contributed by atoms with Crippen molar-refractivity contribution in [3.05, 3.63) is 24.2 Å². The molecule has 3 fully saturated rings. The van der Waals surface area contributed by atoms with Gasteiger partial charge in [-0.2, -0.15) is 0 Å². The molecule has 1 spiro atoms. The molecule has 1 aromatic heterocycles. The van der Waals surface area contributed by atoms with Gasteiger partial charge in [0.1, 0.15) is 5.72 Å². The third-order valence-electron chi connectivity index (χ3n) is 5.79. The van der Waals surface area contributed by atoms with Crippen LogP contribution in [0.1, 0.15) is 42.7 Å². The van der Waals surface area contributed by atoms with Crippen LogP contribution in [0.15, 0.2) is 22.8 Å². The molecule has 1 aromatic rings. The Morgan fingerprint density at radius 3 is 2.46 bits per heavy atom. The highest BCUT2D eigenvalue weighted by atomic mass is 16.5. The van der Waals surface area contributed by atoms with Gasteiger partial charge in [-0.25, -0.2) is 0 Å². The number of aliphatic carboxylic acids is 1. The van der Waals surface area contributed by atoms with E-state index in [-0.39, 0.29) is 24.2 Å². The number of carboxylic acid groups (broad SMARTS) is 1. The Bertz CT molecular complexity index is 703. The van der Waals surface area contributed by atoms with Crippen LogP contribution in [0.3, 0.4) is 0 Å². The van der Waals surface area contributed by atoms with Crippen LogP contribution in [-0.2, 0) is 14.3 Å². The fourth-order valence-electron chi connectivity index (χ4n) is 4.06. The van der Waals surface area contributed by atoms with Crippen LogP contribution >= 0.6 is 0 Å². The van der Waals surface area contributed by atoms with Crippen LogP contribution in [-0.4, -0.2) is 59.0 Å². The normalized spacial score (nSPS) is 25.3. The predicted octanol–water partition coefficient (Wildman–Crippen LogP) is -0.0107. The summed E-state index contributed by atoms with van der Waals surface area (Å²) in [5.41, 5.74) is -1.04. The van der Waals surface area contributed by atoms with Crippen molar-refractivity contribution < 1.29 is 28.6 Å². The van der Waals surface area contributed by atoms with Gasteiger partial charge < -0.3 is 24.0 Å². The topological polar surface area (TPSA) is 103 Å².